The van der Waals surface area contributed by atoms with Gasteiger partial charge in [-0.2, -0.15) is 0 Å². The molecule has 0 radical (unpaired) electrons. The Morgan fingerprint density at radius 1 is 0.853 bits per heavy atom. The monoisotopic (exact) mass is 511 g/mol. The summed E-state index contributed by atoms with van der Waals surface area (Å²) in [7, 11) is -4.69. The molecule has 4 N–H and O–H groups in total. The van der Waals surface area contributed by atoms with Gasteiger partial charge in [0, 0.05) is 13.3 Å². The first kappa shape index (κ1) is 32.5. The van der Waals surface area contributed by atoms with Gasteiger partial charge in [-0.3, -0.25) is 18.6 Å². The van der Waals surface area contributed by atoms with E-state index in [4.69, 9.17) is 0 Å². The van der Waals surface area contributed by atoms with Gasteiger partial charge in [0.05, 0.1) is 13.2 Å². The number of esters is 1. The van der Waals surface area contributed by atoms with Crippen molar-refractivity contribution >= 4 is 25.7 Å². The third kappa shape index (κ3) is 19.9. The molecule has 0 aliphatic heterocycles. The van der Waals surface area contributed by atoms with Crippen LogP contribution in [0, 0.1) is 0 Å². The van der Waals surface area contributed by atoms with Crippen molar-refractivity contribution in [3.8, 4) is 0 Å². The Kier molecular flexibility index (Phi) is 18.9. The molecule has 0 aromatic carbocycles. The van der Waals surface area contributed by atoms with Crippen molar-refractivity contribution in [2.75, 3.05) is 19.8 Å². The number of carbonyl (C=O) groups is 3. The molecule has 0 saturated heterocycles. The highest BCUT2D eigenvalue weighted by Gasteiger charge is 2.28. The molecule has 0 spiro atoms. The maximum absolute atomic E-state index is 12.0. The number of aliphatic hydroxyl groups is 1. The topological polar surface area (TPSA) is 169 Å². The first-order chi connectivity index (χ1) is 16.1. The minimum absolute atomic E-state index is 0.149. The van der Waals surface area contributed by atoms with E-state index in [-0.39, 0.29) is 6.42 Å². The van der Waals surface area contributed by atoms with E-state index in [1.54, 1.807) is 0 Å². The van der Waals surface area contributed by atoms with Gasteiger partial charge in [-0.05, 0) is 6.42 Å². The molecule has 12 heteroatoms. The van der Waals surface area contributed by atoms with Gasteiger partial charge in [-0.15, -0.1) is 0 Å². The van der Waals surface area contributed by atoms with Crippen LogP contribution in [0.25, 0.3) is 0 Å². The van der Waals surface area contributed by atoms with Gasteiger partial charge in [0.2, 0.25) is 5.91 Å². The molecule has 0 saturated carbocycles. The number of aliphatic hydroxyl groups excluding tert-OH is 1. The van der Waals surface area contributed by atoms with Crippen LogP contribution in [0.2, 0.25) is 0 Å². The van der Waals surface area contributed by atoms with Gasteiger partial charge in [-0.1, -0.05) is 71.1 Å². The average Bonchev–Trinajstić information content (AvgIpc) is 2.77. The molecule has 3 unspecified atom stereocenters. The van der Waals surface area contributed by atoms with Gasteiger partial charge in [0.1, 0.15) is 12.7 Å². The Labute approximate surface area is 202 Å². The van der Waals surface area contributed by atoms with Crippen LogP contribution in [0.4, 0.5) is 0 Å². The van der Waals surface area contributed by atoms with Gasteiger partial charge < -0.3 is 25.2 Å². The number of phosphoric acid groups is 1. The SMILES string of the molecule is CCCCCCCCCCCCCC(=O)NC(COP(=O)(O)OCC(O)COC(C)=O)C(=O)O. The second kappa shape index (κ2) is 19.8. The number of carboxylic acids is 1. The molecule has 0 rings (SSSR count). The van der Waals surface area contributed by atoms with E-state index in [0.29, 0.717) is 6.42 Å². The summed E-state index contributed by atoms with van der Waals surface area (Å²) < 4.78 is 25.5. The number of carboxylic acid groups (broad SMARTS) is 1. The summed E-state index contributed by atoms with van der Waals surface area (Å²) in [5.74, 6) is -2.56. The van der Waals surface area contributed by atoms with E-state index >= 15 is 0 Å². The van der Waals surface area contributed by atoms with Crippen LogP contribution in [-0.4, -0.2) is 64.9 Å². The number of ether oxygens (including phenoxy) is 1. The first-order valence-corrected chi connectivity index (χ1v) is 13.5. The Balaban J connectivity index is 4.05. The van der Waals surface area contributed by atoms with Crippen LogP contribution in [0.3, 0.4) is 0 Å². The summed E-state index contributed by atoms with van der Waals surface area (Å²) in [6.45, 7) is 1.41. The second-order valence-corrected chi connectivity index (χ2v) is 9.71. The van der Waals surface area contributed by atoms with Crippen molar-refractivity contribution in [3.63, 3.8) is 0 Å². The molecule has 3 atom stereocenters. The van der Waals surface area contributed by atoms with E-state index in [0.717, 1.165) is 26.2 Å². The van der Waals surface area contributed by atoms with Gasteiger partial charge in [0.25, 0.3) is 0 Å². The number of unbranched alkanes of at least 4 members (excludes halogenated alkanes) is 10. The minimum atomic E-state index is -4.69. The zero-order chi connectivity index (χ0) is 25.8. The summed E-state index contributed by atoms with van der Waals surface area (Å²) in [4.78, 5) is 43.6. The molecule has 0 aliphatic carbocycles. The Bertz CT molecular complexity index is 631. The highest BCUT2D eigenvalue weighted by Crippen LogP contribution is 2.43. The molecule has 0 aliphatic rings. The van der Waals surface area contributed by atoms with E-state index in [1.807, 2.05) is 0 Å². The number of rotatable bonds is 22. The van der Waals surface area contributed by atoms with Crippen molar-refractivity contribution in [2.24, 2.45) is 0 Å². The second-order valence-electron chi connectivity index (χ2n) is 8.26. The molecular weight excluding hydrogens is 469 g/mol. The van der Waals surface area contributed by atoms with Crippen LogP contribution >= 0.6 is 7.82 Å². The molecule has 0 aromatic rings. The van der Waals surface area contributed by atoms with E-state index < -0.39 is 57.6 Å². The fourth-order valence-electron chi connectivity index (χ4n) is 3.04. The Hall–Kier alpha value is -1.52. The van der Waals surface area contributed by atoms with Crippen molar-refractivity contribution in [3.05, 3.63) is 0 Å². The number of carbonyl (C=O) groups excluding carboxylic acids is 2. The summed E-state index contributed by atoms with van der Waals surface area (Å²) in [5.41, 5.74) is 0. The molecular formula is C22H42NO10P. The molecule has 1 amide bonds. The smallest absolute Gasteiger partial charge is 0.472 e. The average molecular weight is 512 g/mol. The zero-order valence-corrected chi connectivity index (χ0v) is 21.3. The summed E-state index contributed by atoms with van der Waals surface area (Å²) in [6.07, 6.45) is 11.2. The van der Waals surface area contributed by atoms with Gasteiger partial charge in [0.15, 0.2) is 6.04 Å². The van der Waals surface area contributed by atoms with Crippen LogP contribution in [0.15, 0.2) is 0 Å². The molecule has 0 heterocycles. The summed E-state index contributed by atoms with van der Waals surface area (Å²) in [6, 6.07) is -1.53. The van der Waals surface area contributed by atoms with E-state index in [9.17, 15) is 34.1 Å². The quantitative estimate of drug-likeness (QED) is 0.0961. The van der Waals surface area contributed by atoms with Crippen molar-refractivity contribution in [1.29, 1.82) is 0 Å². The lowest BCUT2D eigenvalue weighted by atomic mass is 10.1. The molecule has 200 valence electrons. The van der Waals surface area contributed by atoms with Gasteiger partial charge in [-0.25, -0.2) is 9.36 Å². The summed E-state index contributed by atoms with van der Waals surface area (Å²) in [5, 5.41) is 21.0. The maximum atomic E-state index is 12.0. The van der Waals surface area contributed by atoms with Crippen molar-refractivity contribution < 1.29 is 47.8 Å². The predicted octanol–water partition coefficient (Wildman–Crippen LogP) is 3.31. The molecule has 11 nitrogen and oxygen atoms in total. The highest BCUT2D eigenvalue weighted by atomic mass is 31.2. The van der Waals surface area contributed by atoms with Crippen LogP contribution in [0.1, 0.15) is 90.9 Å². The third-order valence-electron chi connectivity index (χ3n) is 4.95. The van der Waals surface area contributed by atoms with Gasteiger partial charge >= 0.3 is 19.8 Å². The fraction of sp³-hybridized carbons (Fsp3) is 0.864. The molecule has 0 fully saturated rings. The first-order valence-electron chi connectivity index (χ1n) is 12.0. The maximum Gasteiger partial charge on any atom is 0.472 e. The largest absolute Gasteiger partial charge is 0.480 e. The summed E-state index contributed by atoms with van der Waals surface area (Å²) >= 11 is 0. The molecule has 0 aromatic heterocycles. The van der Waals surface area contributed by atoms with Crippen LogP contribution in [0.5, 0.6) is 0 Å². The van der Waals surface area contributed by atoms with Crippen molar-refractivity contribution in [2.45, 2.75) is 103 Å². The van der Waals surface area contributed by atoms with Crippen molar-refractivity contribution in [1.82, 2.24) is 5.32 Å². The number of phosphoric ester groups is 1. The standard InChI is InChI=1S/C22H42NO10P/c1-3-4-5-6-7-8-9-10-11-12-13-14-21(26)23-20(22(27)28)17-33-34(29,30)32-16-19(25)15-31-18(2)24/h19-20,25H,3-17H2,1-2H3,(H,23,26)(H,27,28)(H,29,30). The number of aliphatic carboxylic acids is 1. The number of amides is 1. The Morgan fingerprint density at radius 3 is 1.85 bits per heavy atom. The minimum Gasteiger partial charge on any atom is -0.480 e. The lowest BCUT2D eigenvalue weighted by Gasteiger charge is -2.18. The zero-order valence-electron chi connectivity index (χ0n) is 20.4. The van der Waals surface area contributed by atoms with Crippen LogP contribution < -0.4 is 5.32 Å². The predicted molar refractivity (Wildman–Crippen MR) is 125 cm³/mol. The molecule has 34 heavy (non-hydrogen) atoms. The fourth-order valence-corrected chi connectivity index (χ4v) is 3.81. The highest BCUT2D eigenvalue weighted by molar-refractivity contribution is 7.47. The number of nitrogens with one attached hydrogen (secondary N) is 1. The molecule has 0 bridgehead atoms. The third-order valence-corrected chi connectivity index (χ3v) is 5.90. The Morgan fingerprint density at radius 2 is 1.35 bits per heavy atom. The number of hydrogen-bond acceptors (Lipinski definition) is 8. The van der Waals surface area contributed by atoms with E-state index in [2.05, 4.69) is 26.0 Å². The van der Waals surface area contributed by atoms with Crippen LogP contribution in [-0.2, 0) is 32.7 Å². The normalized spacial score (nSPS) is 14.7. The van der Waals surface area contributed by atoms with E-state index in [1.165, 1.54) is 44.9 Å². The lowest BCUT2D eigenvalue weighted by Crippen LogP contribution is -2.43. The number of hydrogen-bond donors (Lipinski definition) is 4. The lowest BCUT2D eigenvalue weighted by molar-refractivity contribution is -0.144.